The van der Waals surface area contributed by atoms with E-state index in [9.17, 15) is 9.59 Å². The quantitative estimate of drug-likeness (QED) is 0.390. The van der Waals surface area contributed by atoms with Gasteiger partial charge in [-0.25, -0.2) is 10.2 Å². The first-order chi connectivity index (χ1) is 13.9. The Balaban J connectivity index is 1.77. The van der Waals surface area contributed by atoms with Crippen LogP contribution in [0.2, 0.25) is 0 Å². The van der Waals surface area contributed by atoms with Gasteiger partial charge in [-0.05, 0) is 64.1 Å². The van der Waals surface area contributed by atoms with Crippen LogP contribution in [0.1, 0.15) is 50.4 Å². The summed E-state index contributed by atoms with van der Waals surface area (Å²) in [5.41, 5.74) is 7.24. The van der Waals surface area contributed by atoms with Gasteiger partial charge < -0.3 is 13.7 Å². The lowest BCUT2D eigenvalue weighted by molar-refractivity contribution is 0.0526. The highest BCUT2D eigenvalue weighted by Crippen LogP contribution is 2.20. The predicted octanol–water partition coefficient (Wildman–Crippen LogP) is 3.94. The van der Waals surface area contributed by atoms with Crippen molar-refractivity contribution in [3.05, 3.63) is 76.5 Å². The monoisotopic (exact) mass is 393 g/mol. The standard InChI is InChI=1S/C22H23N3O4/c1-5-28-22(27)17-6-8-19(9-7-17)25-14(2)12-18(15(25)3)13-23-24-21(26)20-10-11-29-16(20)4/h6-13H,5H2,1-4H3,(H,24,26)/b23-13-. The van der Waals surface area contributed by atoms with Crippen LogP contribution in [0, 0.1) is 20.8 Å². The third kappa shape index (κ3) is 4.29. The SMILES string of the molecule is CCOC(=O)c1ccc(-n2c(C)cc(/C=N\NC(=O)c3ccoc3C)c2C)cc1. The van der Waals surface area contributed by atoms with Gasteiger partial charge in [-0.2, -0.15) is 5.10 Å². The summed E-state index contributed by atoms with van der Waals surface area (Å²) in [7, 11) is 0. The highest BCUT2D eigenvalue weighted by atomic mass is 16.5. The largest absolute Gasteiger partial charge is 0.469 e. The number of hydrogen-bond donors (Lipinski definition) is 1. The summed E-state index contributed by atoms with van der Waals surface area (Å²) in [4.78, 5) is 23.9. The van der Waals surface area contributed by atoms with Crippen molar-refractivity contribution in [3.63, 3.8) is 0 Å². The van der Waals surface area contributed by atoms with Gasteiger partial charge >= 0.3 is 5.97 Å². The Morgan fingerprint density at radius 1 is 1.17 bits per heavy atom. The van der Waals surface area contributed by atoms with Crippen LogP contribution < -0.4 is 5.43 Å². The summed E-state index contributed by atoms with van der Waals surface area (Å²) in [6.07, 6.45) is 3.08. The molecule has 0 saturated heterocycles. The average molecular weight is 393 g/mol. The van der Waals surface area contributed by atoms with Gasteiger partial charge in [-0.3, -0.25) is 4.79 Å². The third-order valence-electron chi connectivity index (χ3n) is 4.58. The molecule has 1 N–H and O–H groups in total. The van der Waals surface area contributed by atoms with Crippen molar-refractivity contribution < 1.29 is 18.7 Å². The number of carbonyl (C=O) groups is 2. The summed E-state index contributed by atoms with van der Waals surface area (Å²) < 4.78 is 12.2. The van der Waals surface area contributed by atoms with E-state index in [-0.39, 0.29) is 11.9 Å². The van der Waals surface area contributed by atoms with Gasteiger partial charge in [-0.1, -0.05) is 0 Å². The molecule has 1 amide bonds. The maximum atomic E-state index is 12.1. The number of nitrogens with one attached hydrogen (secondary N) is 1. The number of nitrogens with zero attached hydrogens (tertiary/aromatic N) is 2. The van der Waals surface area contributed by atoms with Crippen molar-refractivity contribution in [3.8, 4) is 5.69 Å². The normalized spacial score (nSPS) is 11.0. The van der Waals surface area contributed by atoms with Crippen molar-refractivity contribution in [1.29, 1.82) is 0 Å². The number of ether oxygens (including phenoxy) is 1. The molecule has 29 heavy (non-hydrogen) atoms. The van der Waals surface area contributed by atoms with E-state index in [2.05, 4.69) is 15.1 Å². The highest BCUT2D eigenvalue weighted by Gasteiger charge is 2.12. The minimum Gasteiger partial charge on any atom is -0.469 e. The van der Waals surface area contributed by atoms with E-state index in [0.29, 0.717) is 23.5 Å². The van der Waals surface area contributed by atoms with Crippen LogP contribution in [-0.4, -0.2) is 29.3 Å². The molecule has 0 aliphatic heterocycles. The minimum atomic E-state index is -0.337. The van der Waals surface area contributed by atoms with E-state index in [1.165, 1.54) is 6.26 Å². The van der Waals surface area contributed by atoms with Gasteiger partial charge in [-0.15, -0.1) is 0 Å². The number of esters is 1. The topological polar surface area (TPSA) is 85.8 Å². The fourth-order valence-electron chi connectivity index (χ4n) is 3.12. The van der Waals surface area contributed by atoms with Crippen molar-refractivity contribution in [2.24, 2.45) is 5.10 Å². The van der Waals surface area contributed by atoms with E-state index in [1.54, 1.807) is 38.3 Å². The maximum absolute atomic E-state index is 12.1. The van der Waals surface area contributed by atoms with Crippen LogP contribution in [0.15, 0.2) is 52.2 Å². The molecule has 0 radical (unpaired) electrons. The molecule has 3 rings (SSSR count). The number of benzene rings is 1. The van der Waals surface area contributed by atoms with Gasteiger partial charge in [0.2, 0.25) is 0 Å². The first-order valence-corrected chi connectivity index (χ1v) is 9.26. The molecule has 0 aliphatic carbocycles. The van der Waals surface area contributed by atoms with Crippen molar-refractivity contribution in [2.45, 2.75) is 27.7 Å². The molecule has 2 heterocycles. The second-order valence-corrected chi connectivity index (χ2v) is 6.52. The molecule has 7 heteroatoms. The fraction of sp³-hybridized carbons (Fsp3) is 0.227. The first-order valence-electron chi connectivity index (χ1n) is 9.26. The minimum absolute atomic E-state index is 0.323. The zero-order valence-electron chi connectivity index (χ0n) is 16.9. The van der Waals surface area contributed by atoms with Gasteiger partial charge in [0.25, 0.3) is 5.91 Å². The molecule has 0 atom stereocenters. The van der Waals surface area contributed by atoms with Crippen molar-refractivity contribution in [2.75, 3.05) is 6.61 Å². The lowest BCUT2D eigenvalue weighted by Gasteiger charge is -2.10. The molecule has 0 spiro atoms. The molecule has 7 nitrogen and oxygen atoms in total. The smallest absolute Gasteiger partial charge is 0.338 e. The average Bonchev–Trinajstić information content (AvgIpc) is 3.25. The third-order valence-corrected chi connectivity index (χ3v) is 4.58. The molecule has 1 aromatic carbocycles. The van der Waals surface area contributed by atoms with Crippen LogP contribution in [0.25, 0.3) is 5.69 Å². The van der Waals surface area contributed by atoms with E-state index in [4.69, 9.17) is 9.15 Å². The summed E-state index contributed by atoms with van der Waals surface area (Å²) in [5.74, 6) is -0.116. The molecule has 150 valence electrons. The van der Waals surface area contributed by atoms with Gasteiger partial charge in [0, 0.05) is 22.6 Å². The Kier molecular flexibility index (Phi) is 5.97. The van der Waals surface area contributed by atoms with Crippen LogP contribution in [-0.2, 0) is 4.74 Å². The number of aryl methyl sites for hydroxylation is 2. The van der Waals surface area contributed by atoms with Gasteiger partial charge in [0.15, 0.2) is 0 Å². The van der Waals surface area contributed by atoms with Crippen LogP contribution in [0.4, 0.5) is 0 Å². The van der Waals surface area contributed by atoms with Gasteiger partial charge in [0.05, 0.1) is 30.2 Å². The van der Waals surface area contributed by atoms with E-state index in [0.717, 1.165) is 22.6 Å². The number of rotatable bonds is 6. The van der Waals surface area contributed by atoms with Crippen molar-refractivity contribution in [1.82, 2.24) is 9.99 Å². The molecule has 0 unspecified atom stereocenters. The molecular weight excluding hydrogens is 370 g/mol. The van der Waals surface area contributed by atoms with Crippen LogP contribution in [0.3, 0.4) is 0 Å². The Morgan fingerprint density at radius 2 is 1.90 bits per heavy atom. The van der Waals surface area contributed by atoms with Crippen LogP contribution >= 0.6 is 0 Å². The molecule has 0 aliphatic rings. The Bertz CT molecular complexity index is 1060. The molecule has 0 fully saturated rings. The Morgan fingerprint density at radius 3 is 2.52 bits per heavy atom. The van der Waals surface area contributed by atoms with Gasteiger partial charge in [0.1, 0.15) is 5.76 Å². The lowest BCUT2D eigenvalue weighted by Crippen LogP contribution is -2.17. The number of hydrazone groups is 1. The number of furan rings is 1. The number of hydrogen-bond acceptors (Lipinski definition) is 5. The summed E-state index contributed by atoms with van der Waals surface area (Å²) >= 11 is 0. The molecule has 0 bridgehead atoms. The van der Waals surface area contributed by atoms with Crippen molar-refractivity contribution >= 4 is 18.1 Å². The van der Waals surface area contributed by atoms with E-state index in [1.807, 2.05) is 32.0 Å². The Hall–Kier alpha value is -3.61. The summed E-state index contributed by atoms with van der Waals surface area (Å²) in [5, 5.41) is 4.06. The maximum Gasteiger partial charge on any atom is 0.338 e. The van der Waals surface area contributed by atoms with Crippen LogP contribution in [0.5, 0.6) is 0 Å². The summed E-state index contributed by atoms with van der Waals surface area (Å²) in [6.45, 7) is 7.79. The zero-order chi connectivity index (χ0) is 21.0. The number of amides is 1. The fourth-order valence-corrected chi connectivity index (χ4v) is 3.12. The number of carbonyl (C=O) groups excluding carboxylic acids is 2. The predicted molar refractivity (Wildman–Crippen MR) is 110 cm³/mol. The summed E-state index contributed by atoms with van der Waals surface area (Å²) in [6, 6.07) is 10.8. The zero-order valence-corrected chi connectivity index (χ0v) is 16.9. The molecular formula is C22H23N3O4. The highest BCUT2D eigenvalue weighted by molar-refractivity contribution is 5.95. The first kappa shape index (κ1) is 20.1. The molecule has 0 saturated carbocycles. The van der Waals surface area contributed by atoms with E-state index < -0.39 is 0 Å². The van der Waals surface area contributed by atoms with E-state index >= 15 is 0 Å². The molecule has 3 aromatic rings. The Labute approximate surface area is 169 Å². The molecule has 2 aromatic heterocycles. The number of aromatic nitrogens is 1. The second-order valence-electron chi connectivity index (χ2n) is 6.52. The second kappa shape index (κ2) is 8.60. The lowest BCUT2D eigenvalue weighted by atomic mass is 10.2.